The van der Waals surface area contributed by atoms with Crippen LogP contribution in [0.4, 0.5) is 0 Å². The normalized spacial score (nSPS) is 18.6. The van der Waals surface area contributed by atoms with E-state index in [1.807, 2.05) is 0 Å². The van der Waals surface area contributed by atoms with E-state index in [0.717, 1.165) is 45.1 Å². The Hall–Kier alpha value is -1.15. The topological polar surface area (TPSA) is 26.3 Å². The van der Waals surface area contributed by atoms with Gasteiger partial charge in [0.2, 0.25) is 0 Å². The van der Waals surface area contributed by atoms with Gasteiger partial charge < -0.3 is 4.74 Å². The van der Waals surface area contributed by atoms with Crippen molar-refractivity contribution in [1.82, 2.24) is 0 Å². The number of unbranched alkanes of at least 4 members (excludes halogenated alkanes) is 4. The molecule has 1 saturated heterocycles. The molecule has 1 heterocycles. The third kappa shape index (κ3) is 7.23. The first kappa shape index (κ1) is 21.2. The highest BCUT2D eigenvalue weighted by Gasteiger charge is 2.25. The van der Waals surface area contributed by atoms with E-state index in [4.69, 9.17) is 4.74 Å². The SMILES string of the molecule is CCCCCCc1ccc(C(CCCC)C(=O)CC2CCCCO2)cc1. The Kier molecular flexibility index (Phi) is 9.99. The molecule has 0 bridgehead atoms. The molecule has 2 rings (SSSR count). The first-order valence-corrected chi connectivity index (χ1v) is 11.0. The molecule has 2 atom stereocenters. The van der Waals surface area contributed by atoms with E-state index in [9.17, 15) is 4.79 Å². The molecule has 1 aromatic rings. The number of ether oxygens (including phenoxy) is 1. The third-order valence-electron chi connectivity index (χ3n) is 5.64. The number of hydrogen-bond acceptors (Lipinski definition) is 2. The van der Waals surface area contributed by atoms with Crippen LogP contribution in [0.15, 0.2) is 24.3 Å². The number of rotatable bonds is 12. The number of Topliss-reactive ketones (excluding diaryl/α,β-unsaturated/α-hetero) is 1. The van der Waals surface area contributed by atoms with E-state index in [-0.39, 0.29) is 12.0 Å². The third-order valence-corrected chi connectivity index (χ3v) is 5.64. The van der Waals surface area contributed by atoms with Crippen LogP contribution in [0, 0.1) is 0 Å². The lowest BCUT2D eigenvalue weighted by molar-refractivity contribution is -0.124. The van der Waals surface area contributed by atoms with Crippen LogP contribution in [0.5, 0.6) is 0 Å². The second-order valence-electron chi connectivity index (χ2n) is 7.91. The van der Waals surface area contributed by atoms with E-state index < -0.39 is 0 Å². The minimum absolute atomic E-state index is 0.0506. The predicted molar refractivity (Wildman–Crippen MR) is 110 cm³/mol. The van der Waals surface area contributed by atoms with Gasteiger partial charge in [-0.25, -0.2) is 0 Å². The molecule has 1 fully saturated rings. The predicted octanol–water partition coefficient (Wildman–Crippen LogP) is 6.61. The summed E-state index contributed by atoms with van der Waals surface area (Å²) >= 11 is 0. The van der Waals surface area contributed by atoms with Crippen molar-refractivity contribution in [3.05, 3.63) is 35.4 Å². The average Bonchev–Trinajstić information content (AvgIpc) is 2.67. The first-order valence-electron chi connectivity index (χ1n) is 11.0. The molecular weight excluding hydrogens is 320 g/mol. The monoisotopic (exact) mass is 358 g/mol. The maximum absolute atomic E-state index is 13.0. The van der Waals surface area contributed by atoms with Crippen LogP contribution in [0.1, 0.15) is 102 Å². The highest BCUT2D eigenvalue weighted by atomic mass is 16.5. The molecule has 0 radical (unpaired) electrons. The Balaban J connectivity index is 1.94. The lowest BCUT2D eigenvalue weighted by Crippen LogP contribution is -2.25. The molecule has 0 saturated carbocycles. The minimum Gasteiger partial charge on any atom is -0.378 e. The molecule has 1 aliphatic rings. The smallest absolute Gasteiger partial charge is 0.142 e. The van der Waals surface area contributed by atoms with E-state index in [0.29, 0.717) is 12.2 Å². The molecule has 146 valence electrons. The highest BCUT2D eigenvalue weighted by Crippen LogP contribution is 2.28. The molecule has 2 unspecified atom stereocenters. The molecule has 0 spiro atoms. The molecular formula is C24H38O2. The van der Waals surface area contributed by atoms with Gasteiger partial charge in [-0.15, -0.1) is 0 Å². The molecule has 2 nitrogen and oxygen atoms in total. The first-order chi connectivity index (χ1) is 12.7. The number of carbonyl (C=O) groups is 1. The van der Waals surface area contributed by atoms with Crippen LogP contribution in [0.2, 0.25) is 0 Å². The lowest BCUT2D eigenvalue weighted by atomic mass is 9.86. The summed E-state index contributed by atoms with van der Waals surface area (Å²) in [6, 6.07) is 8.89. The molecule has 0 aromatic heterocycles. The maximum Gasteiger partial charge on any atom is 0.142 e. The number of carbonyl (C=O) groups excluding carboxylic acids is 1. The van der Waals surface area contributed by atoms with Gasteiger partial charge in [-0.05, 0) is 49.7 Å². The van der Waals surface area contributed by atoms with Crippen LogP contribution < -0.4 is 0 Å². The fourth-order valence-electron chi connectivity index (χ4n) is 3.93. The van der Waals surface area contributed by atoms with Gasteiger partial charge in [0.25, 0.3) is 0 Å². The zero-order valence-electron chi connectivity index (χ0n) is 17.0. The van der Waals surface area contributed by atoms with E-state index in [1.165, 1.54) is 43.2 Å². The Labute approximate surface area is 160 Å². The minimum atomic E-state index is 0.0506. The zero-order valence-corrected chi connectivity index (χ0v) is 17.0. The van der Waals surface area contributed by atoms with Gasteiger partial charge in [0.05, 0.1) is 6.10 Å². The van der Waals surface area contributed by atoms with Gasteiger partial charge in [-0.3, -0.25) is 4.79 Å². The van der Waals surface area contributed by atoms with Crippen molar-refractivity contribution in [3.8, 4) is 0 Å². The van der Waals surface area contributed by atoms with E-state index in [1.54, 1.807) is 0 Å². The van der Waals surface area contributed by atoms with Gasteiger partial charge >= 0.3 is 0 Å². The van der Waals surface area contributed by atoms with Crippen LogP contribution >= 0.6 is 0 Å². The number of aryl methyl sites for hydroxylation is 1. The molecule has 1 aromatic carbocycles. The summed E-state index contributed by atoms with van der Waals surface area (Å²) in [5.41, 5.74) is 2.61. The standard InChI is InChI=1S/C24H38O2/c1-3-5-7-8-11-20-14-16-21(17-15-20)23(13-6-4-2)24(25)19-22-12-9-10-18-26-22/h14-17,22-23H,3-13,18-19H2,1-2H3. The number of benzene rings is 1. The van der Waals surface area contributed by atoms with Gasteiger partial charge in [-0.1, -0.05) is 70.2 Å². The van der Waals surface area contributed by atoms with Crippen molar-refractivity contribution < 1.29 is 9.53 Å². The second-order valence-corrected chi connectivity index (χ2v) is 7.91. The van der Waals surface area contributed by atoms with Crippen molar-refractivity contribution in [2.45, 2.75) is 103 Å². The Bertz CT molecular complexity index is 499. The summed E-state index contributed by atoms with van der Waals surface area (Å²) in [6.45, 7) is 5.27. The molecule has 1 aliphatic heterocycles. The van der Waals surface area contributed by atoms with Crippen LogP contribution in [-0.4, -0.2) is 18.5 Å². The fraction of sp³-hybridized carbons (Fsp3) is 0.708. The molecule has 2 heteroatoms. The molecule has 26 heavy (non-hydrogen) atoms. The lowest BCUT2D eigenvalue weighted by Gasteiger charge is -2.24. The average molecular weight is 359 g/mol. The Morgan fingerprint density at radius 1 is 1.04 bits per heavy atom. The van der Waals surface area contributed by atoms with Crippen molar-refractivity contribution in [1.29, 1.82) is 0 Å². The summed E-state index contributed by atoms with van der Waals surface area (Å²) in [7, 11) is 0. The van der Waals surface area contributed by atoms with Gasteiger partial charge in [0.15, 0.2) is 0 Å². The highest BCUT2D eigenvalue weighted by molar-refractivity contribution is 5.86. The van der Waals surface area contributed by atoms with Gasteiger partial charge in [-0.2, -0.15) is 0 Å². The summed E-state index contributed by atoms with van der Waals surface area (Å²) in [5, 5.41) is 0. The fourth-order valence-corrected chi connectivity index (χ4v) is 3.93. The van der Waals surface area contributed by atoms with Gasteiger partial charge in [0, 0.05) is 18.9 Å². The summed E-state index contributed by atoms with van der Waals surface area (Å²) < 4.78 is 5.80. The molecule has 0 amide bonds. The van der Waals surface area contributed by atoms with Crippen molar-refractivity contribution in [3.63, 3.8) is 0 Å². The van der Waals surface area contributed by atoms with E-state index >= 15 is 0 Å². The van der Waals surface area contributed by atoms with Crippen LogP contribution in [-0.2, 0) is 16.0 Å². The quantitative estimate of drug-likeness (QED) is 0.393. The van der Waals surface area contributed by atoms with Crippen molar-refractivity contribution >= 4 is 5.78 Å². The summed E-state index contributed by atoms with van der Waals surface area (Å²) in [6.07, 6.45) is 13.7. The summed E-state index contributed by atoms with van der Waals surface area (Å²) in [4.78, 5) is 13.0. The largest absolute Gasteiger partial charge is 0.378 e. The molecule has 0 aliphatic carbocycles. The van der Waals surface area contributed by atoms with E-state index in [2.05, 4.69) is 38.1 Å². The Morgan fingerprint density at radius 3 is 2.46 bits per heavy atom. The van der Waals surface area contributed by atoms with Crippen molar-refractivity contribution in [2.24, 2.45) is 0 Å². The summed E-state index contributed by atoms with van der Waals surface area (Å²) in [5.74, 6) is 0.427. The maximum atomic E-state index is 13.0. The number of hydrogen-bond donors (Lipinski definition) is 0. The van der Waals surface area contributed by atoms with Crippen LogP contribution in [0.25, 0.3) is 0 Å². The van der Waals surface area contributed by atoms with Crippen LogP contribution in [0.3, 0.4) is 0 Å². The zero-order chi connectivity index (χ0) is 18.6. The van der Waals surface area contributed by atoms with Crippen molar-refractivity contribution in [2.75, 3.05) is 6.61 Å². The Morgan fingerprint density at radius 2 is 1.81 bits per heavy atom. The van der Waals surface area contributed by atoms with Gasteiger partial charge in [0.1, 0.15) is 5.78 Å². The second kappa shape index (κ2) is 12.3. The number of ketones is 1. The molecule has 0 N–H and O–H groups in total.